The zero-order valence-electron chi connectivity index (χ0n) is 13.2. The molecule has 24 heavy (non-hydrogen) atoms. The van der Waals surface area contributed by atoms with Crippen LogP contribution in [0.15, 0.2) is 53.0 Å². The number of methoxy groups -OCH3 is 1. The lowest BCUT2D eigenvalue weighted by Crippen LogP contribution is -2.45. The van der Waals surface area contributed by atoms with Crippen LogP contribution in [0.25, 0.3) is 0 Å². The molecule has 5 nitrogen and oxygen atoms in total. The quantitative estimate of drug-likeness (QED) is 0.608. The molecular formula is C18H16BrNO4. The maximum Gasteiger partial charge on any atom is 0.217 e. The van der Waals surface area contributed by atoms with Crippen LogP contribution < -0.4 is 10.1 Å². The first-order valence-electron chi connectivity index (χ1n) is 7.17. The van der Waals surface area contributed by atoms with E-state index >= 15 is 0 Å². The summed E-state index contributed by atoms with van der Waals surface area (Å²) < 4.78 is 5.87. The Labute approximate surface area is 148 Å². The summed E-state index contributed by atoms with van der Waals surface area (Å²) in [6.45, 7) is 1.27. The van der Waals surface area contributed by atoms with Crippen LogP contribution in [0.5, 0.6) is 5.75 Å². The van der Waals surface area contributed by atoms with Gasteiger partial charge in [-0.2, -0.15) is 0 Å². The Morgan fingerprint density at radius 3 is 1.79 bits per heavy atom. The normalized spacial score (nSPS) is 11.5. The molecule has 0 aliphatic heterocycles. The van der Waals surface area contributed by atoms with E-state index < -0.39 is 23.5 Å². The molecule has 0 spiro atoms. The van der Waals surface area contributed by atoms with Crippen molar-refractivity contribution in [3.8, 4) is 5.75 Å². The van der Waals surface area contributed by atoms with E-state index in [1.54, 1.807) is 48.5 Å². The largest absolute Gasteiger partial charge is 0.497 e. The van der Waals surface area contributed by atoms with Gasteiger partial charge in [0.15, 0.2) is 17.6 Å². The minimum Gasteiger partial charge on any atom is -0.497 e. The number of ether oxygens (including phenoxy) is 1. The number of benzene rings is 2. The summed E-state index contributed by atoms with van der Waals surface area (Å²) >= 11 is 3.29. The minimum absolute atomic E-state index is 0.319. The van der Waals surface area contributed by atoms with Crippen LogP contribution in [0.2, 0.25) is 0 Å². The van der Waals surface area contributed by atoms with Gasteiger partial charge in [0.2, 0.25) is 5.91 Å². The topological polar surface area (TPSA) is 72.5 Å². The van der Waals surface area contributed by atoms with Crippen molar-refractivity contribution in [2.45, 2.75) is 13.0 Å². The molecule has 1 atom stereocenters. The number of nitrogens with one attached hydrogen (secondary N) is 1. The molecule has 0 saturated heterocycles. The maximum atomic E-state index is 12.7. The molecule has 2 aromatic rings. The summed E-state index contributed by atoms with van der Waals surface area (Å²) in [5, 5.41) is 2.44. The van der Waals surface area contributed by atoms with Crippen LogP contribution in [0, 0.1) is 0 Å². The van der Waals surface area contributed by atoms with Crippen molar-refractivity contribution in [2.24, 2.45) is 0 Å². The van der Waals surface area contributed by atoms with Gasteiger partial charge in [-0.05, 0) is 36.4 Å². The lowest BCUT2D eigenvalue weighted by molar-refractivity contribution is -0.119. The standard InChI is InChI=1S/C18H16BrNO4/c1-11(21)20-16(17(22)12-3-7-14(19)8-4-12)18(23)13-5-9-15(24-2)10-6-13/h3-10,16H,1-2H3,(H,20,21). The van der Waals surface area contributed by atoms with Gasteiger partial charge in [-0.25, -0.2) is 0 Å². The third-order valence-corrected chi connectivity index (χ3v) is 3.90. The van der Waals surface area contributed by atoms with Crippen molar-refractivity contribution < 1.29 is 19.1 Å². The number of amides is 1. The second-order valence-electron chi connectivity index (χ2n) is 5.10. The lowest BCUT2D eigenvalue weighted by Gasteiger charge is -2.16. The predicted molar refractivity (Wildman–Crippen MR) is 93.4 cm³/mol. The third kappa shape index (κ3) is 4.29. The second-order valence-corrected chi connectivity index (χ2v) is 6.01. The molecule has 0 heterocycles. The molecule has 2 rings (SSSR count). The van der Waals surface area contributed by atoms with Gasteiger partial charge in [-0.15, -0.1) is 0 Å². The van der Waals surface area contributed by atoms with E-state index in [0.29, 0.717) is 16.9 Å². The summed E-state index contributed by atoms with van der Waals surface area (Å²) in [6, 6.07) is 11.7. The molecule has 1 amide bonds. The van der Waals surface area contributed by atoms with Crippen molar-refractivity contribution in [1.82, 2.24) is 5.32 Å². The fraction of sp³-hybridized carbons (Fsp3) is 0.167. The highest BCUT2D eigenvalue weighted by atomic mass is 79.9. The monoisotopic (exact) mass is 389 g/mol. The molecule has 0 bridgehead atoms. The highest BCUT2D eigenvalue weighted by Crippen LogP contribution is 2.16. The molecule has 0 aliphatic carbocycles. The predicted octanol–water partition coefficient (Wildman–Crippen LogP) is 3.03. The zero-order chi connectivity index (χ0) is 17.7. The first-order chi connectivity index (χ1) is 11.4. The van der Waals surface area contributed by atoms with Gasteiger partial charge >= 0.3 is 0 Å². The minimum atomic E-state index is -1.27. The molecule has 124 valence electrons. The fourth-order valence-electron chi connectivity index (χ4n) is 2.16. The van der Waals surface area contributed by atoms with Gasteiger partial charge in [0.05, 0.1) is 7.11 Å². The Kier molecular flexibility index (Phi) is 5.87. The first kappa shape index (κ1) is 17.9. The molecule has 0 aliphatic rings. The van der Waals surface area contributed by atoms with E-state index in [1.807, 2.05) is 0 Å². The van der Waals surface area contributed by atoms with Gasteiger partial charge < -0.3 is 10.1 Å². The zero-order valence-corrected chi connectivity index (χ0v) is 14.8. The molecule has 0 aromatic heterocycles. The van der Waals surface area contributed by atoms with Crippen LogP contribution in [0.4, 0.5) is 0 Å². The summed E-state index contributed by atoms with van der Waals surface area (Å²) in [6.07, 6.45) is 0. The number of carbonyl (C=O) groups excluding carboxylic acids is 3. The molecular weight excluding hydrogens is 374 g/mol. The number of carbonyl (C=O) groups is 3. The van der Waals surface area contributed by atoms with E-state index in [9.17, 15) is 14.4 Å². The molecule has 0 radical (unpaired) electrons. The van der Waals surface area contributed by atoms with Gasteiger partial charge in [0.1, 0.15) is 5.75 Å². The molecule has 0 fully saturated rings. The molecule has 2 aromatic carbocycles. The first-order valence-corrected chi connectivity index (χ1v) is 7.97. The SMILES string of the molecule is COc1ccc(C(=O)C(NC(C)=O)C(=O)c2ccc(Br)cc2)cc1. The Balaban J connectivity index is 2.32. The highest BCUT2D eigenvalue weighted by molar-refractivity contribution is 9.10. The Morgan fingerprint density at radius 1 is 0.917 bits per heavy atom. The van der Waals surface area contributed by atoms with E-state index in [1.165, 1.54) is 14.0 Å². The fourth-order valence-corrected chi connectivity index (χ4v) is 2.42. The van der Waals surface area contributed by atoms with Crippen molar-refractivity contribution in [1.29, 1.82) is 0 Å². The van der Waals surface area contributed by atoms with Crippen LogP contribution in [-0.4, -0.2) is 30.6 Å². The van der Waals surface area contributed by atoms with Gasteiger partial charge in [0, 0.05) is 22.5 Å². The Bertz CT molecular complexity index is 754. The Hall–Kier alpha value is -2.47. The molecule has 1 N–H and O–H groups in total. The van der Waals surface area contributed by atoms with Crippen molar-refractivity contribution >= 4 is 33.4 Å². The summed E-state index contributed by atoms with van der Waals surface area (Å²) in [7, 11) is 1.52. The molecule has 0 saturated carbocycles. The number of hydrogen-bond donors (Lipinski definition) is 1. The van der Waals surface area contributed by atoms with Crippen LogP contribution in [0.1, 0.15) is 27.6 Å². The average Bonchev–Trinajstić information content (AvgIpc) is 2.59. The van der Waals surface area contributed by atoms with E-state index in [-0.39, 0.29) is 0 Å². The number of Topliss-reactive ketones (excluding diaryl/α,β-unsaturated/α-hetero) is 2. The van der Waals surface area contributed by atoms with E-state index in [0.717, 1.165) is 4.47 Å². The number of hydrogen-bond acceptors (Lipinski definition) is 4. The van der Waals surface area contributed by atoms with Gasteiger partial charge in [-0.3, -0.25) is 14.4 Å². The van der Waals surface area contributed by atoms with Crippen molar-refractivity contribution in [3.63, 3.8) is 0 Å². The lowest BCUT2D eigenvalue weighted by atomic mass is 9.96. The van der Waals surface area contributed by atoms with Crippen LogP contribution in [-0.2, 0) is 4.79 Å². The highest BCUT2D eigenvalue weighted by Gasteiger charge is 2.29. The van der Waals surface area contributed by atoms with Crippen LogP contribution in [0.3, 0.4) is 0 Å². The van der Waals surface area contributed by atoms with Crippen molar-refractivity contribution in [2.75, 3.05) is 7.11 Å². The summed E-state index contributed by atoms with van der Waals surface area (Å²) in [4.78, 5) is 36.8. The average molecular weight is 390 g/mol. The van der Waals surface area contributed by atoms with Crippen LogP contribution >= 0.6 is 15.9 Å². The third-order valence-electron chi connectivity index (χ3n) is 3.38. The molecule has 6 heteroatoms. The smallest absolute Gasteiger partial charge is 0.217 e. The summed E-state index contributed by atoms with van der Waals surface area (Å²) in [5.41, 5.74) is 0.666. The maximum absolute atomic E-state index is 12.7. The Morgan fingerprint density at radius 2 is 1.38 bits per heavy atom. The van der Waals surface area contributed by atoms with Crippen molar-refractivity contribution in [3.05, 3.63) is 64.1 Å². The van der Waals surface area contributed by atoms with E-state index in [4.69, 9.17) is 4.74 Å². The summed E-state index contributed by atoms with van der Waals surface area (Å²) in [5.74, 6) is -0.784. The number of rotatable bonds is 6. The number of halogens is 1. The molecule has 1 unspecified atom stereocenters. The number of ketones is 2. The van der Waals surface area contributed by atoms with E-state index in [2.05, 4.69) is 21.2 Å². The van der Waals surface area contributed by atoms with Gasteiger partial charge in [0.25, 0.3) is 0 Å². The van der Waals surface area contributed by atoms with Gasteiger partial charge in [-0.1, -0.05) is 28.1 Å². The second kappa shape index (κ2) is 7.88.